The molecule has 31 heavy (non-hydrogen) atoms. The van der Waals surface area contributed by atoms with E-state index in [2.05, 4.69) is 38.7 Å². The average Bonchev–Trinajstić information content (AvgIpc) is 3.07. The summed E-state index contributed by atoms with van der Waals surface area (Å²) < 4.78 is 0. The highest BCUT2D eigenvalue weighted by atomic mass is 35.5. The van der Waals surface area contributed by atoms with Gasteiger partial charge in [-0.1, -0.05) is 49.4 Å². The summed E-state index contributed by atoms with van der Waals surface area (Å²) in [6.07, 6.45) is 9.84. The fourth-order valence-corrected chi connectivity index (χ4v) is 5.18. The Morgan fingerprint density at radius 3 is 2.39 bits per heavy atom. The first-order chi connectivity index (χ1) is 15.0. The lowest BCUT2D eigenvalue weighted by Crippen LogP contribution is -2.41. The van der Waals surface area contributed by atoms with Crippen LogP contribution in [0, 0.1) is 6.92 Å². The maximum absolute atomic E-state index is 6.11. The van der Waals surface area contributed by atoms with Crippen molar-refractivity contribution in [1.29, 1.82) is 0 Å². The van der Waals surface area contributed by atoms with Crippen molar-refractivity contribution in [2.75, 3.05) is 29.9 Å². The zero-order chi connectivity index (χ0) is 21.7. The summed E-state index contributed by atoms with van der Waals surface area (Å²) in [5.41, 5.74) is 2.38. The molecule has 2 fully saturated rings. The van der Waals surface area contributed by atoms with E-state index in [9.17, 15) is 0 Å². The van der Waals surface area contributed by atoms with Crippen LogP contribution in [-0.4, -0.2) is 34.7 Å². The Labute approximate surface area is 196 Å². The van der Waals surface area contributed by atoms with Gasteiger partial charge in [0, 0.05) is 41.8 Å². The molecular weight excluding hydrogens is 426 g/mol. The molecule has 0 spiro atoms. The first-order valence-electron chi connectivity index (χ1n) is 11.5. The van der Waals surface area contributed by atoms with Crippen LogP contribution in [0.3, 0.4) is 0 Å². The van der Waals surface area contributed by atoms with Gasteiger partial charge in [0.2, 0.25) is 5.95 Å². The monoisotopic (exact) mass is 457 g/mol. The van der Waals surface area contributed by atoms with Crippen LogP contribution in [0.25, 0.3) is 0 Å². The van der Waals surface area contributed by atoms with E-state index in [-0.39, 0.29) is 5.41 Å². The molecule has 0 atom stereocenters. The number of halogens is 1. The zero-order valence-corrected chi connectivity index (χ0v) is 19.9. The largest absolute Gasteiger partial charge is 0.361 e. The Bertz CT molecular complexity index is 887. The molecule has 0 bridgehead atoms. The lowest BCUT2D eigenvalue weighted by molar-refractivity contribution is 0.435. The van der Waals surface area contributed by atoms with E-state index in [1.54, 1.807) is 0 Å². The van der Waals surface area contributed by atoms with Gasteiger partial charge in [-0.3, -0.25) is 0 Å². The molecule has 1 aromatic heterocycles. The third kappa shape index (κ3) is 5.66. The summed E-state index contributed by atoms with van der Waals surface area (Å²) in [5.74, 6) is 1.57. The average molecular weight is 458 g/mol. The number of benzene rings is 1. The summed E-state index contributed by atoms with van der Waals surface area (Å²) in [6, 6.07) is 10.4. The number of thiocarbonyl (C=S) groups is 1. The van der Waals surface area contributed by atoms with E-state index in [1.165, 1.54) is 44.1 Å². The Morgan fingerprint density at radius 1 is 1.03 bits per heavy atom. The fraction of sp³-hybridized carbons (Fsp3) is 0.542. The molecule has 2 heterocycles. The van der Waals surface area contributed by atoms with Crippen LogP contribution in [0.2, 0.25) is 5.02 Å². The van der Waals surface area contributed by atoms with Gasteiger partial charge in [-0.05, 0) is 62.5 Å². The van der Waals surface area contributed by atoms with Gasteiger partial charge in [-0.25, -0.2) is 4.98 Å². The van der Waals surface area contributed by atoms with Crippen molar-refractivity contribution in [3.63, 3.8) is 0 Å². The third-order valence-electron chi connectivity index (χ3n) is 6.60. The quantitative estimate of drug-likeness (QED) is 0.568. The third-order valence-corrected chi connectivity index (χ3v) is 7.10. The first-order valence-corrected chi connectivity index (χ1v) is 12.2. The van der Waals surface area contributed by atoms with Gasteiger partial charge >= 0.3 is 0 Å². The van der Waals surface area contributed by atoms with Crippen LogP contribution in [0.15, 0.2) is 30.3 Å². The van der Waals surface area contributed by atoms with Crippen molar-refractivity contribution in [1.82, 2.24) is 15.3 Å². The highest BCUT2D eigenvalue weighted by Crippen LogP contribution is 2.41. The Balaban J connectivity index is 1.41. The molecule has 2 aromatic rings. The standard InChI is InChI=1S/C24H32ClN5S/c1-18-16-21(30-14-6-2-3-7-15-30)28-22(27-18)29-23(31)26-17-24(12-4-5-13-24)19-8-10-20(25)11-9-19/h8-11,16H,2-7,12-15,17H2,1H3,(H2,26,27,28,29,31). The van der Waals surface area contributed by atoms with Gasteiger partial charge in [0.1, 0.15) is 5.82 Å². The molecule has 1 aliphatic heterocycles. The maximum atomic E-state index is 6.11. The number of aryl methyl sites for hydroxylation is 1. The summed E-state index contributed by atoms with van der Waals surface area (Å²) in [7, 11) is 0. The van der Waals surface area contributed by atoms with Gasteiger partial charge in [-0.2, -0.15) is 4.98 Å². The maximum Gasteiger partial charge on any atom is 0.231 e. The zero-order valence-electron chi connectivity index (χ0n) is 18.3. The number of anilines is 2. The molecule has 7 heteroatoms. The van der Waals surface area contributed by atoms with E-state index >= 15 is 0 Å². The van der Waals surface area contributed by atoms with E-state index in [1.807, 2.05) is 19.1 Å². The first kappa shape index (κ1) is 22.3. The van der Waals surface area contributed by atoms with Gasteiger partial charge < -0.3 is 15.5 Å². The molecule has 5 nitrogen and oxygen atoms in total. The van der Waals surface area contributed by atoms with E-state index in [4.69, 9.17) is 28.8 Å². The summed E-state index contributed by atoms with van der Waals surface area (Å²) >= 11 is 11.7. The minimum atomic E-state index is 0.0982. The van der Waals surface area contributed by atoms with Crippen LogP contribution < -0.4 is 15.5 Å². The second-order valence-electron chi connectivity index (χ2n) is 8.89. The van der Waals surface area contributed by atoms with Crippen LogP contribution in [0.5, 0.6) is 0 Å². The van der Waals surface area contributed by atoms with Crippen molar-refractivity contribution >= 4 is 40.7 Å². The lowest BCUT2D eigenvalue weighted by Gasteiger charge is -2.30. The minimum absolute atomic E-state index is 0.0982. The van der Waals surface area contributed by atoms with Crippen LogP contribution in [-0.2, 0) is 5.41 Å². The van der Waals surface area contributed by atoms with Crippen molar-refractivity contribution in [3.05, 3.63) is 46.6 Å². The predicted octanol–water partition coefficient (Wildman–Crippen LogP) is 5.62. The molecule has 0 radical (unpaired) electrons. The molecule has 0 unspecified atom stereocenters. The normalized spacial score (nSPS) is 18.5. The molecule has 1 saturated carbocycles. The summed E-state index contributed by atoms with van der Waals surface area (Å²) in [6.45, 7) is 4.92. The van der Waals surface area contributed by atoms with Gasteiger partial charge in [-0.15, -0.1) is 0 Å². The van der Waals surface area contributed by atoms with Crippen molar-refractivity contribution in [2.45, 2.75) is 63.7 Å². The molecule has 166 valence electrons. The fourth-order valence-electron chi connectivity index (χ4n) is 4.89. The van der Waals surface area contributed by atoms with E-state index < -0.39 is 0 Å². The summed E-state index contributed by atoms with van der Waals surface area (Å²) in [4.78, 5) is 11.7. The second-order valence-corrected chi connectivity index (χ2v) is 9.74. The highest BCUT2D eigenvalue weighted by Gasteiger charge is 2.35. The number of hydrogen-bond donors (Lipinski definition) is 2. The Morgan fingerprint density at radius 2 is 1.71 bits per heavy atom. The number of hydrogen-bond acceptors (Lipinski definition) is 4. The number of rotatable bonds is 5. The predicted molar refractivity (Wildman–Crippen MR) is 133 cm³/mol. The molecule has 1 saturated heterocycles. The SMILES string of the molecule is Cc1cc(N2CCCCCC2)nc(NC(=S)NCC2(c3ccc(Cl)cc3)CCCC2)n1. The topological polar surface area (TPSA) is 53.1 Å². The smallest absolute Gasteiger partial charge is 0.231 e. The van der Waals surface area contributed by atoms with Gasteiger partial charge in [0.15, 0.2) is 5.11 Å². The van der Waals surface area contributed by atoms with Crippen LogP contribution >= 0.6 is 23.8 Å². The number of nitrogens with one attached hydrogen (secondary N) is 2. The molecule has 4 rings (SSSR count). The molecule has 1 aromatic carbocycles. The molecule has 1 aliphatic carbocycles. The van der Waals surface area contributed by atoms with E-state index in [0.717, 1.165) is 49.0 Å². The number of nitrogens with zero attached hydrogens (tertiary/aromatic N) is 3. The van der Waals surface area contributed by atoms with Crippen LogP contribution in [0.4, 0.5) is 11.8 Å². The molecule has 2 aliphatic rings. The van der Waals surface area contributed by atoms with Crippen molar-refractivity contribution < 1.29 is 0 Å². The highest BCUT2D eigenvalue weighted by molar-refractivity contribution is 7.80. The summed E-state index contributed by atoms with van der Waals surface area (Å²) in [5, 5.41) is 8.03. The van der Waals surface area contributed by atoms with Crippen molar-refractivity contribution in [3.8, 4) is 0 Å². The van der Waals surface area contributed by atoms with Gasteiger partial charge in [0.25, 0.3) is 0 Å². The number of aromatic nitrogens is 2. The van der Waals surface area contributed by atoms with Gasteiger partial charge in [0.05, 0.1) is 0 Å². The van der Waals surface area contributed by atoms with E-state index in [0.29, 0.717) is 11.1 Å². The molecule has 0 amide bonds. The minimum Gasteiger partial charge on any atom is -0.361 e. The second kappa shape index (κ2) is 10.1. The molecular formula is C24H32ClN5S. The Kier molecular flexibility index (Phi) is 7.28. The van der Waals surface area contributed by atoms with Crippen molar-refractivity contribution in [2.24, 2.45) is 0 Å². The Hall–Kier alpha value is -1.92. The molecule has 2 N–H and O–H groups in total. The lowest BCUT2D eigenvalue weighted by atomic mass is 9.79. The van der Waals surface area contributed by atoms with Crippen LogP contribution in [0.1, 0.15) is 62.6 Å².